The summed E-state index contributed by atoms with van der Waals surface area (Å²) in [5, 5.41) is 0. The van der Waals surface area contributed by atoms with Gasteiger partial charge in [0.2, 0.25) is 5.78 Å². The molecule has 0 aromatic carbocycles. The maximum absolute atomic E-state index is 10.8. The second kappa shape index (κ2) is 4.20. The van der Waals surface area contributed by atoms with E-state index in [1.807, 2.05) is 0 Å². The number of carbonyl (C=O) groups is 1. The summed E-state index contributed by atoms with van der Waals surface area (Å²) in [6.45, 7) is 1.62. The summed E-state index contributed by atoms with van der Waals surface area (Å²) in [6, 6.07) is 3.53. The van der Waals surface area contributed by atoms with Gasteiger partial charge in [0.05, 0.1) is 6.26 Å². The summed E-state index contributed by atoms with van der Waals surface area (Å²) in [5.41, 5.74) is 0. The van der Waals surface area contributed by atoms with E-state index in [2.05, 4.69) is 11.8 Å². The molecule has 0 atom stereocenters. The molecule has 2 nitrogen and oxygen atoms in total. The van der Waals surface area contributed by atoms with Gasteiger partial charge in [-0.15, -0.1) is 0 Å². The van der Waals surface area contributed by atoms with Crippen LogP contribution >= 0.6 is 0 Å². The van der Waals surface area contributed by atoms with Gasteiger partial charge in [0, 0.05) is 0 Å². The Hall–Kier alpha value is -1.75. The lowest BCUT2D eigenvalue weighted by molar-refractivity contribution is -0.109. The fourth-order valence-corrected chi connectivity index (χ4v) is 0.709. The van der Waals surface area contributed by atoms with Crippen LogP contribution in [-0.2, 0) is 4.79 Å². The van der Waals surface area contributed by atoms with Gasteiger partial charge in [-0.2, -0.15) is 0 Å². The molecule has 0 amide bonds. The molecule has 2 heteroatoms. The van der Waals surface area contributed by atoms with Gasteiger partial charge >= 0.3 is 0 Å². The predicted octanol–water partition coefficient (Wildman–Crippen LogP) is 1.89. The molecule has 0 bridgehead atoms. The second-order valence-electron chi connectivity index (χ2n) is 2.09. The molecule has 0 N–H and O–H groups in total. The Bertz CT molecular complexity index is 334. The predicted molar refractivity (Wildman–Crippen MR) is 46.2 cm³/mol. The zero-order valence-electron chi connectivity index (χ0n) is 6.70. The van der Waals surface area contributed by atoms with Crippen molar-refractivity contribution in [2.75, 3.05) is 0 Å². The maximum Gasteiger partial charge on any atom is 0.228 e. The zero-order chi connectivity index (χ0) is 8.81. The van der Waals surface area contributed by atoms with Crippen molar-refractivity contribution in [1.29, 1.82) is 0 Å². The number of furan rings is 1. The second-order valence-corrected chi connectivity index (χ2v) is 2.09. The van der Waals surface area contributed by atoms with Gasteiger partial charge in [0.15, 0.2) is 0 Å². The highest BCUT2D eigenvalue weighted by Gasteiger charge is 1.89. The third-order valence-electron chi connectivity index (χ3n) is 1.19. The van der Waals surface area contributed by atoms with Gasteiger partial charge in [0.1, 0.15) is 5.76 Å². The first-order valence-electron chi connectivity index (χ1n) is 3.51. The van der Waals surface area contributed by atoms with Gasteiger partial charge < -0.3 is 4.42 Å². The van der Waals surface area contributed by atoms with Crippen molar-refractivity contribution in [3.05, 3.63) is 30.2 Å². The van der Waals surface area contributed by atoms with E-state index in [1.165, 1.54) is 6.08 Å². The van der Waals surface area contributed by atoms with Crippen molar-refractivity contribution >= 4 is 11.9 Å². The van der Waals surface area contributed by atoms with Crippen LogP contribution in [0, 0.1) is 11.8 Å². The number of hydrogen-bond donors (Lipinski definition) is 0. The van der Waals surface area contributed by atoms with Crippen LogP contribution in [0.3, 0.4) is 0 Å². The molecule has 0 aliphatic heterocycles. The fraction of sp³-hybridized carbons (Fsp3) is 0.100. The molecule has 60 valence electrons. The number of hydrogen-bond acceptors (Lipinski definition) is 2. The summed E-state index contributed by atoms with van der Waals surface area (Å²) in [7, 11) is 0. The number of carbonyl (C=O) groups excluding carboxylic acids is 1. The van der Waals surface area contributed by atoms with Crippen LogP contribution in [0.15, 0.2) is 28.9 Å². The largest absolute Gasteiger partial charge is 0.465 e. The summed E-state index contributed by atoms with van der Waals surface area (Å²) in [5.74, 6) is 5.35. The van der Waals surface area contributed by atoms with Crippen LogP contribution in [0.1, 0.15) is 12.7 Å². The highest BCUT2D eigenvalue weighted by molar-refractivity contribution is 6.06. The van der Waals surface area contributed by atoms with Gasteiger partial charge in [0.25, 0.3) is 0 Å². The summed E-state index contributed by atoms with van der Waals surface area (Å²) < 4.78 is 4.97. The first kappa shape index (κ1) is 8.35. The van der Waals surface area contributed by atoms with E-state index in [4.69, 9.17) is 4.42 Å². The van der Waals surface area contributed by atoms with E-state index in [1.54, 1.807) is 31.4 Å². The third kappa shape index (κ3) is 2.47. The lowest BCUT2D eigenvalue weighted by atomic mass is 10.3. The molecule has 0 fully saturated rings. The summed E-state index contributed by atoms with van der Waals surface area (Å²) >= 11 is 0. The molecule has 12 heavy (non-hydrogen) atoms. The first-order chi connectivity index (χ1) is 5.83. The number of ketones is 1. The van der Waals surface area contributed by atoms with Crippen LogP contribution in [-0.4, -0.2) is 5.78 Å². The summed E-state index contributed by atoms with van der Waals surface area (Å²) in [4.78, 5) is 10.8. The van der Waals surface area contributed by atoms with Crippen LogP contribution < -0.4 is 0 Å². The lowest BCUT2D eigenvalue weighted by Crippen LogP contribution is -1.83. The van der Waals surface area contributed by atoms with Crippen molar-refractivity contribution in [2.45, 2.75) is 6.92 Å². The van der Waals surface area contributed by atoms with Gasteiger partial charge in [-0.25, -0.2) is 0 Å². The molecule has 0 spiro atoms. The number of rotatable bonds is 2. The van der Waals surface area contributed by atoms with E-state index >= 15 is 0 Å². The highest BCUT2D eigenvalue weighted by atomic mass is 16.3. The van der Waals surface area contributed by atoms with E-state index in [0.717, 1.165) is 0 Å². The Morgan fingerprint density at radius 2 is 2.50 bits per heavy atom. The molecule has 1 heterocycles. The highest BCUT2D eigenvalue weighted by Crippen LogP contribution is 2.01. The van der Waals surface area contributed by atoms with Crippen molar-refractivity contribution < 1.29 is 9.21 Å². The monoisotopic (exact) mass is 160 g/mol. The minimum atomic E-state index is -0.214. The minimum Gasteiger partial charge on any atom is -0.465 e. The van der Waals surface area contributed by atoms with Crippen molar-refractivity contribution in [3.63, 3.8) is 0 Å². The quantitative estimate of drug-likeness (QED) is 0.375. The fourth-order valence-electron chi connectivity index (χ4n) is 0.709. The van der Waals surface area contributed by atoms with E-state index in [-0.39, 0.29) is 5.78 Å². The Labute approximate surface area is 70.9 Å². The molecule has 0 aliphatic carbocycles. The normalized spacial score (nSPS) is 9.42. The molecule has 1 aromatic rings. The van der Waals surface area contributed by atoms with Gasteiger partial charge in [-0.3, -0.25) is 4.79 Å². The Morgan fingerprint density at radius 1 is 1.67 bits per heavy atom. The average molecular weight is 160 g/mol. The average Bonchev–Trinajstić information content (AvgIpc) is 2.53. The first-order valence-corrected chi connectivity index (χ1v) is 3.51. The van der Waals surface area contributed by atoms with Crippen molar-refractivity contribution in [1.82, 2.24) is 0 Å². The minimum absolute atomic E-state index is 0.214. The summed E-state index contributed by atoms with van der Waals surface area (Å²) in [6.07, 6.45) is 4.53. The molecule has 1 aromatic heterocycles. The van der Waals surface area contributed by atoms with Gasteiger partial charge in [-0.05, 0) is 37.1 Å². The molecule has 0 saturated carbocycles. The maximum atomic E-state index is 10.8. The topological polar surface area (TPSA) is 30.2 Å². The van der Waals surface area contributed by atoms with Crippen LogP contribution in [0.25, 0.3) is 6.08 Å². The van der Waals surface area contributed by atoms with Crippen LogP contribution in [0.5, 0.6) is 0 Å². The van der Waals surface area contributed by atoms with Crippen LogP contribution in [0.2, 0.25) is 0 Å². The van der Waals surface area contributed by atoms with E-state index in [0.29, 0.717) is 5.76 Å². The molecule has 0 unspecified atom stereocenters. The molecule has 0 saturated heterocycles. The van der Waals surface area contributed by atoms with E-state index < -0.39 is 0 Å². The third-order valence-corrected chi connectivity index (χ3v) is 1.19. The molecule has 1 rings (SSSR count). The SMILES string of the molecule is CC#CC(=O)C=Cc1ccco1. The number of allylic oxidation sites excluding steroid dienone is 1. The van der Waals surface area contributed by atoms with E-state index in [9.17, 15) is 4.79 Å². The molecular formula is C10H8O2. The standard InChI is InChI=1S/C10H8O2/c1-2-4-9(11)6-7-10-5-3-8-12-10/h3,5-8H,1H3. The van der Waals surface area contributed by atoms with Crippen molar-refractivity contribution in [3.8, 4) is 11.8 Å². The Kier molecular flexibility index (Phi) is 2.92. The Morgan fingerprint density at radius 3 is 3.08 bits per heavy atom. The van der Waals surface area contributed by atoms with Crippen molar-refractivity contribution in [2.24, 2.45) is 0 Å². The molecule has 0 aliphatic rings. The zero-order valence-corrected chi connectivity index (χ0v) is 6.70. The van der Waals surface area contributed by atoms with Crippen LogP contribution in [0.4, 0.5) is 0 Å². The molecule has 0 radical (unpaired) electrons. The lowest BCUT2D eigenvalue weighted by Gasteiger charge is -1.79. The molecular weight excluding hydrogens is 152 g/mol. The van der Waals surface area contributed by atoms with Gasteiger partial charge in [-0.1, -0.05) is 5.92 Å². The Balaban J connectivity index is 2.61. The smallest absolute Gasteiger partial charge is 0.228 e.